The largest absolute Gasteiger partial charge is 0.264 e. The summed E-state index contributed by atoms with van der Waals surface area (Å²) in [7, 11) is -3.92. The molecule has 2 rings (SSSR count). The molecule has 0 spiro atoms. The standard InChI is InChI=1S/C13H9BrClN3O2S/c1-8-10(14)3-5-13(17-8)18-21(19,20)12-6-9(7-16)2-4-11(12)15/h2-6H,1H3,(H,17,18). The number of benzene rings is 1. The molecule has 0 radical (unpaired) electrons. The predicted molar refractivity (Wildman–Crippen MR) is 83.6 cm³/mol. The fourth-order valence-corrected chi connectivity index (χ4v) is 3.32. The second-order valence-corrected chi connectivity index (χ2v) is 7.04. The van der Waals surface area contributed by atoms with Crippen molar-refractivity contribution in [1.82, 2.24) is 4.98 Å². The number of aryl methyl sites for hydroxylation is 1. The molecule has 0 saturated heterocycles. The molecular formula is C13H9BrClN3O2S. The van der Waals surface area contributed by atoms with Crippen LogP contribution in [0.1, 0.15) is 11.3 Å². The third kappa shape index (κ3) is 3.53. The summed E-state index contributed by atoms with van der Waals surface area (Å²) in [4.78, 5) is 3.95. The molecule has 0 bridgehead atoms. The topological polar surface area (TPSA) is 82.8 Å². The first-order valence-electron chi connectivity index (χ1n) is 5.69. The number of aromatic nitrogens is 1. The summed E-state index contributed by atoms with van der Waals surface area (Å²) in [5.41, 5.74) is 0.854. The fourth-order valence-electron chi connectivity index (χ4n) is 1.57. The molecule has 108 valence electrons. The molecule has 1 aromatic carbocycles. The van der Waals surface area contributed by atoms with Gasteiger partial charge in [0.1, 0.15) is 10.7 Å². The van der Waals surface area contributed by atoms with Crippen molar-refractivity contribution >= 4 is 43.4 Å². The Kier molecular flexibility index (Phi) is 4.52. The number of nitriles is 1. The molecule has 1 heterocycles. The molecular weight excluding hydrogens is 378 g/mol. The average molecular weight is 387 g/mol. The van der Waals surface area contributed by atoms with Crippen LogP contribution in [0.5, 0.6) is 0 Å². The summed E-state index contributed by atoms with van der Waals surface area (Å²) in [6.07, 6.45) is 0. The van der Waals surface area contributed by atoms with Crippen LogP contribution in [-0.4, -0.2) is 13.4 Å². The molecule has 2 aromatic rings. The molecule has 0 unspecified atom stereocenters. The van der Waals surface area contributed by atoms with Crippen LogP contribution < -0.4 is 4.72 Å². The molecule has 0 aliphatic heterocycles. The van der Waals surface area contributed by atoms with Crippen molar-refractivity contribution in [2.75, 3.05) is 4.72 Å². The lowest BCUT2D eigenvalue weighted by Crippen LogP contribution is -2.15. The van der Waals surface area contributed by atoms with Crippen molar-refractivity contribution in [3.05, 3.63) is 51.1 Å². The Hall–Kier alpha value is -1.62. The first-order chi connectivity index (χ1) is 9.83. The van der Waals surface area contributed by atoms with Crippen molar-refractivity contribution < 1.29 is 8.42 Å². The van der Waals surface area contributed by atoms with Gasteiger partial charge in [0.25, 0.3) is 10.0 Å². The van der Waals surface area contributed by atoms with Crippen LogP contribution in [0.15, 0.2) is 39.7 Å². The zero-order valence-electron chi connectivity index (χ0n) is 10.8. The molecule has 21 heavy (non-hydrogen) atoms. The molecule has 1 aromatic heterocycles. The van der Waals surface area contributed by atoms with Crippen molar-refractivity contribution in [3.8, 4) is 6.07 Å². The average Bonchev–Trinajstić information content (AvgIpc) is 2.43. The van der Waals surface area contributed by atoms with Crippen molar-refractivity contribution in [2.45, 2.75) is 11.8 Å². The van der Waals surface area contributed by atoms with E-state index in [0.717, 1.165) is 4.47 Å². The van der Waals surface area contributed by atoms with E-state index in [1.807, 2.05) is 6.07 Å². The quantitative estimate of drug-likeness (QED) is 0.875. The number of nitrogens with zero attached hydrogens (tertiary/aromatic N) is 2. The van der Waals surface area contributed by atoms with E-state index in [2.05, 4.69) is 25.6 Å². The van der Waals surface area contributed by atoms with Gasteiger partial charge >= 0.3 is 0 Å². The van der Waals surface area contributed by atoms with Gasteiger partial charge in [-0.05, 0) is 53.2 Å². The highest BCUT2D eigenvalue weighted by Gasteiger charge is 2.19. The number of hydrogen-bond acceptors (Lipinski definition) is 4. The molecule has 0 amide bonds. The van der Waals surface area contributed by atoms with Gasteiger partial charge in [-0.25, -0.2) is 13.4 Å². The van der Waals surface area contributed by atoms with E-state index < -0.39 is 10.0 Å². The van der Waals surface area contributed by atoms with E-state index >= 15 is 0 Å². The summed E-state index contributed by atoms with van der Waals surface area (Å²) < 4.78 is 27.8. The number of rotatable bonds is 3. The molecule has 0 aliphatic rings. The highest BCUT2D eigenvalue weighted by molar-refractivity contribution is 9.10. The molecule has 5 nitrogen and oxygen atoms in total. The maximum Gasteiger partial charge on any atom is 0.264 e. The normalized spacial score (nSPS) is 11.0. The van der Waals surface area contributed by atoms with Gasteiger partial charge in [-0.3, -0.25) is 4.72 Å². The number of nitrogens with one attached hydrogen (secondary N) is 1. The maximum atomic E-state index is 12.3. The van der Waals surface area contributed by atoms with E-state index in [1.54, 1.807) is 13.0 Å². The Labute approximate surface area is 135 Å². The van der Waals surface area contributed by atoms with Gasteiger partial charge < -0.3 is 0 Å². The Morgan fingerprint density at radius 3 is 2.67 bits per heavy atom. The number of sulfonamides is 1. The highest BCUT2D eigenvalue weighted by atomic mass is 79.9. The summed E-state index contributed by atoms with van der Waals surface area (Å²) in [5.74, 6) is 0.175. The summed E-state index contributed by atoms with van der Waals surface area (Å²) in [6.45, 7) is 1.74. The lowest BCUT2D eigenvalue weighted by atomic mass is 10.2. The minimum atomic E-state index is -3.92. The number of halogens is 2. The Bertz CT molecular complexity index is 847. The molecule has 8 heteroatoms. The third-order valence-corrected chi connectivity index (χ3v) is 5.28. The molecule has 0 saturated carbocycles. The smallest absolute Gasteiger partial charge is 0.263 e. The molecule has 0 fully saturated rings. The van der Waals surface area contributed by atoms with E-state index in [1.165, 1.54) is 24.3 Å². The van der Waals surface area contributed by atoms with E-state index in [9.17, 15) is 8.42 Å². The highest BCUT2D eigenvalue weighted by Crippen LogP contribution is 2.25. The van der Waals surface area contributed by atoms with Crippen molar-refractivity contribution in [2.24, 2.45) is 0 Å². The molecule has 0 atom stereocenters. The van der Waals surface area contributed by atoms with Gasteiger partial charge in [0.05, 0.1) is 22.3 Å². The summed E-state index contributed by atoms with van der Waals surface area (Å²) >= 11 is 9.19. The van der Waals surface area contributed by atoms with Gasteiger partial charge in [-0.1, -0.05) is 11.6 Å². The lowest BCUT2D eigenvalue weighted by molar-refractivity contribution is 0.601. The van der Waals surface area contributed by atoms with E-state index in [4.69, 9.17) is 16.9 Å². The van der Waals surface area contributed by atoms with Crippen LogP contribution in [0.2, 0.25) is 5.02 Å². The van der Waals surface area contributed by atoms with Gasteiger partial charge in [0.15, 0.2) is 0 Å². The number of anilines is 1. The Morgan fingerprint density at radius 1 is 1.33 bits per heavy atom. The van der Waals surface area contributed by atoms with Crippen LogP contribution in [0.25, 0.3) is 0 Å². The van der Waals surface area contributed by atoms with E-state index in [0.29, 0.717) is 5.69 Å². The van der Waals surface area contributed by atoms with Crippen LogP contribution >= 0.6 is 27.5 Å². The minimum absolute atomic E-state index is 0.0373. The van der Waals surface area contributed by atoms with Crippen LogP contribution in [0.3, 0.4) is 0 Å². The second-order valence-electron chi connectivity index (χ2n) is 4.13. The maximum absolute atomic E-state index is 12.3. The number of pyridine rings is 1. The molecule has 1 N–H and O–H groups in total. The van der Waals surface area contributed by atoms with Gasteiger partial charge in [0.2, 0.25) is 0 Å². The van der Waals surface area contributed by atoms with Crippen molar-refractivity contribution in [1.29, 1.82) is 5.26 Å². The van der Waals surface area contributed by atoms with Crippen LogP contribution in [-0.2, 0) is 10.0 Å². The Morgan fingerprint density at radius 2 is 2.05 bits per heavy atom. The lowest BCUT2D eigenvalue weighted by Gasteiger charge is -2.10. The van der Waals surface area contributed by atoms with Crippen LogP contribution in [0, 0.1) is 18.3 Å². The summed E-state index contributed by atoms with van der Waals surface area (Å²) in [6, 6.07) is 9.12. The van der Waals surface area contributed by atoms with Gasteiger partial charge in [-0.15, -0.1) is 0 Å². The third-order valence-electron chi connectivity index (χ3n) is 2.61. The van der Waals surface area contributed by atoms with E-state index in [-0.39, 0.29) is 21.3 Å². The zero-order valence-corrected chi connectivity index (χ0v) is 13.9. The van der Waals surface area contributed by atoms with Crippen molar-refractivity contribution in [3.63, 3.8) is 0 Å². The fraction of sp³-hybridized carbons (Fsp3) is 0.0769. The molecule has 0 aliphatic carbocycles. The first-order valence-corrected chi connectivity index (χ1v) is 8.34. The minimum Gasteiger partial charge on any atom is -0.263 e. The monoisotopic (exact) mass is 385 g/mol. The van der Waals surface area contributed by atoms with Crippen LogP contribution in [0.4, 0.5) is 5.82 Å². The van der Waals surface area contributed by atoms with Gasteiger partial charge in [0, 0.05) is 4.47 Å². The zero-order chi connectivity index (χ0) is 15.6. The summed E-state index contributed by atoms with van der Waals surface area (Å²) in [5, 5.41) is 8.89. The first kappa shape index (κ1) is 15.8. The number of hydrogen-bond donors (Lipinski definition) is 1. The predicted octanol–water partition coefficient (Wildman–Crippen LogP) is 3.48. The van der Waals surface area contributed by atoms with Gasteiger partial charge in [-0.2, -0.15) is 5.26 Å². The second kappa shape index (κ2) is 6.02. The Balaban J connectivity index is 2.43. The SMILES string of the molecule is Cc1nc(NS(=O)(=O)c2cc(C#N)ccc2Cl)ccc1Br.